The number of carbonyl (C=O) groups excluding carboxylic acids is 1. The summed E-state index contributed by atoms with van der Waals surface area (Å²) in [6.07, 6.45) is 8.34. The third-order valence-electron chi connectivity index (χ3n) is 13.4. The Balaban J connectivity index is 1.45. The van der Waals surface area contributed by atoms with Crippen molar-refractivity contribution in [1.82, 2.24) is 0 Å². The molecule has 5 atom stereocenters. The van der Waals surface area contributed by atoms with E-state index in [0.717, 1.165) is 22.8 Å². The highest BCUT2D eigenvalue weighted by Crippen LogP contribution is 2.46. The number of allylic oxidation sites excluding steroid dienone is 1. The summed E-state index contributed by atoms with van der Waals surface area (Å²) in [5.74, 6) is 0.213. The SMILES string of the molecule is COCOc1cc2c(c(/C=C/C[C@@H]3OC(C)(C)O[C@@H]3C(/C=C\[C@@H](C)[C@H](C)CC(C)(C)[Si](O)(c3ccccc3)c3ccccc3)O[Si](C)(C)C(C)(C)C)c1C(=O)OCC[Si](C)(C)C)OCO2. The standard InChI is InChI=1S/C52H78O10Si3/c1-37(38(2)34-51(6,7)65(54,39-23-18-16-19-24-39)40-25-20-17-21-26-40)29-30-43(62-64(14,15)50(3,4)5)48-42(60-52(8,9)61-48)28-22-27-41-46(49(53)56-31-32-63(11,12)13)44(57-35-55-10)33-45-47(41)59-36-58-45/h16-27,29-30,33,37-38,42-43,48,54H,28,31-32,34-36H2,1-15H3/b27-22+,30-29-/t37-,38-,42+,43?,48+/m1/s1. The van der Waals surface area contributed by atoms with Crippen LogP contribution in [0, 0.1) is 11.8 Å². The molecule has 65 heavy (non-hydrogen) atoms. The minimum atomic E-state index is -3.20. The van der Waals surface area contributed by atoms with Gasteiger partial charge in [-0.15, -0.1) is 0 Å². The molecule has 1 unspecified atom stereocenters. The summed E-state index contributed by atoms with van der Waals surface area (Å²) in [5, 5.41) is 1.58. The summed E-state index contributed by atoms with van der Waals surface area (Å²) in [4.78, 5) is 26.8. The highest BCUT2D eigenvalue weighted by Gasteiger charge is 2.51. The van der Waals surface area contributed by atoms with Crippen molar-refractivity contribution in [3.8, 4) is 17.2 Å². The maximum absolute atomic E-state index is 13.9. The van der Waals surface area contributed by atoms with Gasteiger partial charge in [0.2, 0.25) is 6.79 Å². The molecule has 3 aromatic rings. The van der Waals surface area contributed by atoms with Gasteiger partial charge in [-0.3, -0.25) is 0 Å². The number of rotatable bonds is 21. The van der Waals surface area contributed by atoms with Gasteiger partial charge in [-0.1, -0.05) is 153 Å². The molecule has 0 saturated carbocycles. The van der Waals surface area contributed by atoms with Crippen molar-refractivity contribution in [3.05, 3.63) is 96.1 Å². The largest absolute Gasteiger partial charge is 0.466 e. The molecule has 0 bridgehead atoms. The second-order valence-corrected chi connectivity index (χ2v) is 36.1. The molecule has 2 aliphatic rings. The average Bonchev–Trinajstić information content (AvgIpc) is 3.83. The third kappa shape index (κ3) is 12.9. The molecule has 0 radical (unpaired) electrons. The van der Waals surface area contributed by atoms with E-state index < -0.39 is 59.8 Å². The number of fused-ring (bicyclic) bond motifs is 1. The van der Waals surface area contributed by atoms with Gasteiger partial charge in [0, 0.05) is 26.8 Å². The Kier molecular flexibility index (Phi) is 17.1. The van der Waals surface area contributed by atoms with Gasteiger partial charge in [-0.05, 0) is 78.1 Å². The number of methoxy groups -OCH3 is 1. The van der Waals surface area contributed by atoms with Gasteiger partial charge in [0.25, 0.3) is 8.32 Å². The first-order chi connectivity index (χ1) is 30.3. The van der Waals surface area contributed by atoms with Gasteiger partial charge in [0.05, 0.1) is 18.8 Å². The molecule has 1 saturated heterocycles. The Labute approximate surface area is 393 Å². The Morgan fingerprint density at radius 3 is 2.09 bits per heavy atom. The second-order valence-electron chi connectivity index (χ2n) is 21.8. The summed E-state index contributed by atoms with van der Waals surface area (Å²) in [6.45, 7) is 31.2. The Hall–Kier alpha value is -3.54. The highest BCUT2D eigenvalue weighted by molar-refractivity contribution is 6.98. The molecule has 3 aromatic carbocycles. The van der Waals surface area contributed by atoms with E-state index in [1.165, 1.54) is 7.11 Å². The Morgan fingerprint density at radius 1 is 0.908 bits per heavy atom. The summed E-state index contributed by atoms with van der Waals surface area (Å²) >= 11 is 0. The van der Waals surface area contributed by atoms with Crippen LogP contribution in [0.5, 0.6) is 17.2 Å². The minimum absolute atomic E-state index is 0.0139. The van der Waals surface area contributed by atoms with Crippen LogP contribution in [0.15, 0.2) is 85.0 Å². The molecule has 2 heterocycles. The van der Waals surface area contributed by atoms with E-state index in [-0.39, 0.29) is 36.0 Å². The molecule has 358 valence electrons. The lowest BCUT2D eigenvalue weighted by molar-refractivity contribution is -0.151. The fourth-order valence-corrected chi connectivity index (χ4v) is 14.3. The van der Waals surface area contributed by atoms with Gasteiger partial charge < -0.3 is 42.4 Å². The van der Waals surface area contributed by atoms with Crippen LogP contribution >= 0.6 is 0 Å². The average molecular weight is 947 g/mol. The van der Waals surface area contributed by atoms with Crippen LogP contribution in [-0.2, 0) is 23.4 Å². The number of benzene rings is 3. The highest BCUT2D eigenvalue weighted by atomic mass is 28.4. The van der Waals surface area contributed by atoms with Crippen LogP contribution in [0.2, 0.25) is 48.9 Å². The lowest BCUT2D eigenvalue weighted by Crippen LogP contribution is -2.65. The van der Waals surface area contributed by atoms with Crippen molar-refractivity contribution in [2.24, 2.45) is 11.8 Å². The van der Waals surface area contributed by atoms with Crippen molar-refractivity contribution in [2.75, 3.05) is 27.3 Å². The van der Waals surface area contributed by atoms with Crippen LogP contribution in [-0.4, -0.2) is 86.9 Å². The summed E-state index contributed by atoms with van der Waals surface area (Å²) < 4.78 is 49.5. The summed E-state index contributed by atoms with van der Waals surface area (Å²) in [6, 6.07) is 23.0. The zero-order valence-electron chi connectivity index (χ0n) is 41.9. The first-order valence-corrected chi connectivity index (χ1v) is 31.8. The van der Waals surface area contributed by atoms with E-state index in [0.29, 0.717) is 35.8 Å². The van der Waals surface area contributed by atoms with E-state index in [2.05, 4.69) is 118 Å². The second kappa shape index (κ2) is 21.2. The van der Waals surface area contributed by atoms with E-state index in [9.17, 15) is 9.59 Å². The molecule has 10 nitrogen and oxygen atoms in total. The van der Waals surface area contributed by atoms with Crippen molar-refractivity contribution >= 4 is 47.1 Å². The van der Waals surface area contributed by atoms with Gasteiger partial charge in [0.15, 0.2) is 32.4 Å². The van der Waals surface area contributed by atoms with Gasteiger partial charge in [0.1, 0.15) is 17.4 Å². The molecule has 5 rings (SSSR count). The van der Waals surface area contributed by atoms with Crippen molar-refractivity contribution in [1.29, 1.82) is 0 Å². The van der Waals surface area contributed by atoms with E-state index >= 15 is 0 Å². The number of hydrogen-bond donors (Lipinski definition) is 1. The monoisotopic (exact) mass is 946 g/mol. The zero-order valence-corrected chi connectivity index (χ0v) is 44.9. The van der Waals surface area contributed by atoms with Crippen molar-refractivity contribution < 1.29 is 47.2 Å². The topological polar surface area (TPSA) is 111 Å². The fourth-order valence-electron chi connectivity index (χ4n) is 8.47. The van der Waals surface area contributed by atoms with Crippen molar-refractivity contribution in [2.45, 2.75) is 148 Å². The summed E-state index contributed by atoms with van der Waals surface area (Å²) in [5.41, 5.74) is 0.758. The first-order valence-electron chi connectivity index (χ1n) is 23.3. The van der Waals surface area contributed by atoms with Crippen LogP contribution in [0.3, 0.4) is 0 Å². The van der Waals surface area contributed by atoms with E-state index in [1.807, 2.05) is 62.4 Å². The van der Waals surface area contributed by atoms with Gasteiger partial charge in [-0.25, -0.2) is 4.79 Å². The molecule has 0 aromatic heterocycles. The van der Waals surface area contributed by atoms with Crippen molar-refractivity contribution in [3.63, 3.8) is 0 Å². The van der Waals surface area contributed by atoms with Gasteiger partial charge >= 0.3 is 5.97 Å². The summed E-state index contributed by atoms with van der Waals surface area (Å²) in [7, 11) is -5.48. The maximum atomic E-state index is 13.9. The van der Waals surface area contributed by atoms with Crippen LogP contribution in [0.4, 0.5) is 0 Å². The first kappa shape index (κ1) is 52.4. The normalized spacial score (nSPS) is 19.4. The lowest BCUT2D eigenvalue weighted by atomic mass is 9.87. The van der Waals surface area contributed by atoms with E-state index in [1.54, 1.807) is 6.07 Å². The predicted octanol–water partition coefficient (Wildman–Crippen LogP) is 11.0. The van der Waals surface area contributed by atoms with Crippen LogP contribution in [0.25, 0.3) is 6.08 Å². The molecule has 0 aliphatic carbocycles. The maximum Gasteiger partial charge on any atom is 0.342 e. The zero-order chi connectivity index (χ0) is 48.0. The Morgan fingerprint density at radius 2 is 1.52 bits per heavy atom. The molecule has 1 fully saturated rings. The lowest BCUT2D eigenvalue weighted by Gasteiger charge is -2.43. The Bertz CT molecular complexity index is 2050. The molecule has 13 heteroatoms. The van der Waals surface area contributed by atoms with Crippen LogP contribution < -0.4 is 24.6 Å². The molecular formula is C52H78O10Si3. The number of ether oxygens (including phenoxy) is 7. The molecule has 0 spiro atoms. The molecule has 2 aliphatic heterocycles. The van der Waals surface area contributed by atoms with Crippen LogP contribution in [0.1, 0.15) is 91.1 Å². The molecular weight excluding hydrogens is 869 g/mol. The number of esters is 1. The smallest absolute Gasteiger partial charge is 0.342 e. The van der Waals surface area contributed by atoms with E-state index in [4.69, 9.17) is 37.6 Å². The number of carbonyl (C=O) groups is 1. The van der Waals surface area contributed by atoms with Gasteiger partial charge in [-0.2, -0.15) is 0 Å². The fraction of sp³-hybridized carbons (Fsp3) is 0.558. The minimum Gasteiger partial charge on any atom is -0.466 e. The quantitative estimate of drug-likeness (QED) is 0.0480. The molecule has 1 N–H and O–H groups in total. The predicted molar refractivity (Wildman–Crippen MR) is 269 cm³/mol. The molecule has 0 amide bonds. The number of hydrogen-bond acceptors (Lipinski definition) is 10. The third-order valence-corrected chi connectivity index (χ3v) is 24.1.